The molecule has 1 aromatic heterocycles. The second-order valence-electron chi connectivity index (χ2n) is 4.20. The summed E-state index contributed by atoms with van der Waals surface area (Å²) in [4.78, 5) is 4.07. The summed E-state index contributed by atoms with van der Waals surface area (Å²) in [6.45, 7) is 1.29. The molecule has 92 valence electrons. The number of hydrogen-bond acceptors (Lipinski definition) is 3. The number of pyridine rings is 1. The van der Waals surface area contributed by atoms with E-state index in [-0.39, 0.29) is 0 Å². The lowest BCUT2D eigenvalue weighted by Crippen LogP contribution is -2.11. The van der Waals surface area contributed by atoms with Crippen LogP contribution in [-0.2, 0) is 0 Å². The quantitative estimate of drug-likeness (QED) is 0.871. The molecule has 0 saturated heterocycles. The third-order valence-electron chi connectivity index (χ3n) is 2.93. The highest BCUT2D eigenvalue weighted by Gasteiger charge is 2.24. The molecule has 0 bridgehead atoms. The summed E-state index contributed by atoms with van der Waals surface area (Å²) in [6.07, 6.45) is 3.45. The molecule has 1 unspecified atom stereocenters. The number of halogens is 1. The Morgan fingerprint density at radius 3 is 3.11 bits per heavy atom. The molecule has 2 heterocycles. The molecular formula is C14H12BrNO2. The van der Waals surface area contributed by atoms with E-state index >= 15 is 0 Å². The number of ether oxygens (including phenoxy) is 2. The normalized spacial score (nSPS) is 17.1. The van der Waals surface area contributed by atoms with Crippen molar-refractivity contribution in [2.45, 2.75) is 5.92 Å². The van der Waals surface area contributed by atoms with Gasteiger partial charge in [-0.2, -0.15) is 0 Å². The van der Waals surface area contributed by atoms with Crippen molar-refractivity contribution in [1.82, 2.24) is 4.98 Å². The van der Waals surface area contributed by atoms with Crippen LogP contribution in [0.3, 0.4) is 0 Å². The average Bonchev–Trinajstić information content (AvgIpc) is 2.80. The topological polar surface area (TPSA) is 31.4 Å². The van der Waals surface area contributed by atoms with E-state index in [1.807, 2.05) is 24.3 Å². The van der Waals surface area contributed by atoms with E-state index < -0.39 is 0 Å². The second kappa shape index (κ2) is 4.98. The van der Waals surface area contributed by atoms with Crippen LogP contribution in [0, 0.1) is 0 Å². The Morgan fingerprint density at radius 2 is 2.22 bits per heavy atom. The molecule has 1 aliphatic rings. The zero-order valence-electron chi connectivity index (χ0n) is 9.67. The van der Waals surface area contributed by atoms with Gasteiger partial charge in [-0.3, -0.25) is 4.98 Å². The number of aromatic nitrogens is 1. The van der Waals surface area contributed by atoms with Crippen molar-refractivity contribution in [2.24, 2.45) is 0 Å². The van der Waals surface area contributed by atoms with Crippen LogP contribution >= 0.6 is 15.9 Å². The van der Waals surface area contributed by atoms with Crippen LogP contribution in [0.2, 0.25) is 0 Å². The number of rotatable bonds is 3. The number of nitrogens with zero attached hydrogens (tertiary/aromatic N) is 1. The maximum atomic E-state index is 5.76. The Morgan fingerprint density at radius 1 is 1.33 bits per heavy atom. The van der Waals surface area contributed by atoms with Crippen molar-refractivity contribution in [3.8, 4) is 11.5 Å². The van der Waals surface area contributed by atoms with E-state index in [4.69, 9.17) is 9.47 Å². The van der Waals surface area contributed by atoms with Gasteiger partial charge in [0.05, 0.1) is 25.3 Å². The van der Waals surface area contributed by atoms with Gasteiger partial charge in [0.1, 0.15) is 11.5 Å². The highest BCUT2D eigenvalue weighted by atomic mass is 79.9. The van der Waals surface area contributed by atoms with E-state index in [1.54, 1.807) is 12.4 Å². The molecule has 0 aliphatic carbocycles. The van der Waals surface area contributed by atoms with E-state index in [1.165, 1.54) is 5.56 Å². The molecule has 0 amide bonds. The molecular weight excluding hydrogens is 294 g/mol. The third-order valence-corrected chi connectivity index (χ3v) is 3.36. The molecule has 18 heavy (non-hydrogen) atoms. The van der Waals surface area contributed by atoms with Gasteiger partial charge in [0.15, 0.2) is 0 Å². The summed E-state index contributed by atoms with van der Waals surface area (Å²) < 4.78 is 12.3. The number of para-hydroxylation sites is 1. The van der Waals surface area contributed by atoms with Crippen LogP contribution in [-0.4, -0.2) is 18.2 Å². The summed E-state index contributed by atoms with van der Waals surface area (Å²) in [5.74, 6) is 2.03. The molecule has 4 heteroatoms. The number of benzene rings is 1. The maximum absolute atomic E-state index is 5.76. The summed E-state index contributed by atoms with van der Waals surface area (Å²) in [5, 5.41) is 0. The highest BCUT2D eigenvalue weighted by Crippen LogP contribution is 2.33. The fraction of sp³-hybridized carbons (Fsp3) is 0.214. The average molecular weight is 306 g/mol. The largest absolute Gasteiger partial charge is 0.493 e. The van der Waals surface area contributed by atoms with Crippen molar-refractivity contribution >= 4 is 15.9 Å². The third kappa shape index (κ3) is 2.34. The first kappa shape index (κ1) is 11.5. The van der Waals surface area contributed by atoms with Gasteiger partial charge in [-0.15, -0.1) is 0 Å². The molecule has 0 N–H and O–H groups in total. The second-order valence-corrected chi connectivity index (χ2v) is 5.11. The fourth-order valence-corrected chi connectivity index (χ4v) is 2.38. The van der Waals surface area contributed by atoms with Crippen LogP contribution in [0.15, 0.2) is 47.2 Å². The summed E-state index contributed by atoms with van der Waals surface area (Å²) >= 11 is 3.37. The van der Waals surface area contributed by atoms with Gasteiger partial charge in [0, 0.05) is 16.2 Å². The molecule has 1 aromatic carbocycles. The van der Waals surface area contributed by atoms with E-state index in [0.29, 0.717) is 19.1 Å². The fourth-order valence-electron chi connectivity index (χ4n) is 2.04. The van der Waals surface area contributed by atoms with Crippen LogP contribution < -0.4 is 9.47 Å². The Bertz CT molecular complexity index is 559. The lowest BCUT2D eigenvalue weighted by molar-refractivity contribution is 0.247. The standard InChI is InChI=1S/C14H12BrNO2/c15-11-5-12(7-16-6-11)17-8-10-9-18-14-4-2-1-3-13(10)14/h1-7,10H,8-9H2. The molecule has 0 spiro atoms. The summed E-state index contributed by atoms with van der Waals surface area (Å²) in [7, 11) is 0. The Hall–Kier alpha value is -1.55. The molecule has 3 nitrogen and oxygen atoms in total. The summed E-state index contributed by atoms with van der Waals surface area (Å²) in [6, 6.07) is 10.0. The number of hydrogen-bond donors (Lipinski definition) is 0. The first-order valence-corrected chi connectivity index (χ1v) is 6.57. The molecule has 1 aliphatic heterocycles. The minimum Gasteiger partial charge on any atom is -0.493 e. The predicted octanol–water partition coefficient (Wildman–Crippen LogP) is 3.40. The van der Waals surface area contributed by atoms with Crippen molar-refractivity contribution in [1.29, 1.82) is 0 Å². The van der Waals surface area contributed by atoms with Crippen LogP contribution in [0.25, 0.3) is 0 Å². The van der Waals surface area contributed by atoms with E-state index in [0.717, 1.165) is 16.0 Å². The van der Waals surface area contributed by atoms with Crippen molar-refractivity contribution in [3.05, 3.63) is 52.8 Å². The minimum absolute atomic E-state index is 0.292. The van der Waals surface area contributed by atoms with Crippen LogP contribution in [0.4, 0.5) is 0 Å². The Balaban J connectivity index is 1.69. The smallest absolute Gasteiger partial charge is 0.138 e. The van der Waals surface area contributed by atoms with Crippen molar-refractivity contribution in [2.75, 3.05) is 13.2 Å². The lowest BCUT2D eigenvalue weighted by Gasteiger charge is -2.11. The van der Waals surface area contributed by atoms with Crippen molar-refractivity contribution in [3.63, 3.8) is 0 Å². The van der Waals surface area contributed by atoms with E-state index in [9.17, 15) is 0 Å². The molecule has 1 atom stereocenters. The predicted molar refractivity (Wildman–Crippen MR) is 72.1 cm³/mol. The first-order valence-electron chi connectivity index (χ1n) is 5.78. The lowest BCUT2D eigenvalue weighted by atomic mass is 10.0. The molecule has 3 rings (SSSR count). The van der Waals surface area contributed by atoms with Crippen LogP contribution in [0.5, 0.6) is 11.5 Å². The Kier molecular flexibility index (Phi) is 3.19. The summed E-state index contributed by atoms with van der Waals surface area (Å²) in [5.41, 5.74) is 1.22. The molecule has 0 saturated carbocycles. The zero-order valence-corrected chi connectivity index (χ0v) is 11.3. The zero-order chi connectivity index (χ0) is 12.4. The molecule has 2 aromatic rings. The van der Waals surface area contributed by atoms with Crippen LogP contribution in [0.1, 0.15) is 11.5 Å². The maximum Gasteiger partial charge on any atom is 0.138 e. The molecule has 0 radical (unpaired) electrons. The Labute approximate surface area is 114 Å². The van der Waals surface area contributed by atoms with Gasteiger partial charge in [-0.05, 0) is 28.1 Å². The van der Waals surface area contributed by atoms with Gasteiger partial charge in [0.25, 0.3) is 0 Å². The number of fused-ring (bicyclic) bond motifs is 1. The SMILES string of the molecule is Brc1cncc(OCC2COc3ccccc32)c1. The van der Waals surface area contributed by atoms with Gasteiger partial charge >= 0.3 is 0 Å². The van der Waals surface area contributed by atoms with Gasteiger partial charge < -0.3 is 9.47 Å². The minimum atomic E-state index is 0.292. The van der Waals surface area contributed by atoms with E-state index in [2.05, 4.69) is 27.0 Å². The highest BCUT2D eigenvalue weighted by molar-refractivity contribution is 9.10. The molecule has 0 fully saturated rings. The van der Waals surface area contributed by atoms with Gasteiger partial charge in [-0.1, -0.05) is 18.2 Å². The van der Waals surface area contributed by atoms with Gasteiger partial charge in [0.2, 0.25) is 0 Å². The first-order chi connectivity index (χ1) is 8.83. The van der Waals surface area contributed by atoms with Gasteiger partial charge in [-0.25, -0.2) is 0 Å². The van der Waals surface area contributed by atoms with Crippen molar-refractivity contribution < 1.29 is 9.47 Å². The monoisotopic (exact) mass is 305 g/mol.